The summed E-state index contributed by atoms with van der Waals surface area (Å²) >= 11 is 6.15. The Hall–Kier alpha value is -2.17. The minimum absolute atomic E-state index is 0.0573. The van der Waals surface area contributed by atoms with Crippen molar-refractivity contribution in [1.29, 1.82) is 0 Å². The molecule has 0 saturated heterocycles. The number of allylic oxidation sites excluding steroid dienone is 1. The van der Waals surface area contributed by atoms with Gasteiger partial charge in [-0.05, 0) is 41.7 Å². The molecule has 0 spiro atoms. The normalized spacial score (nSPS) is 26.0. The topological polar surface area (TPSA) is 114 Å². The standard InChI is InChI=1S/C24H30ClN3O5S2/c1-14(2)22-24(32)27-19-13-35-34-8-4-3-5-18(11-20(29)28-22)33-21(30)10-16-9-17(25)7-6-15(16)12-26-23(19)31/h3,5-7,9,14,18-19,22H,4,8,10-13H2,1-2H3,(H,26,31)(H,27,32)(H,28,29)/b5-3+/t18-,19-,22-/m1/s1. The van der Waals surface area contributed by atoms with E-state index >= 15 is 0 Å². The van der Waals surface area contributed by atoms with Crippen molar-refractivity contribution in [1.82, 2.24) is 16.0 Å². The summed E-state index contributed by atoms with van der Waals surface area (Å²) in [6.45, 7) is 3.79. The number of halogens is 1. The molecule has 2 bridgehead atoms. The minimum Gasteiger partial charge on any atom is -0.457 e. The summed E-state index contributed by atoms with van der Waals surface area (Å²) < 4.78 is 5.65. The van der Waals surface area contributed by atoms with E-state index in [2.05, 4.69) is 16.0 Å². The highest BCUT2D eigenvalue weighted by atomic mass is 35.5. The molecule has 0 aromatic heterocycles. The van der Waals surface area contributed by atoms with E-state index in [1.54, 1.807) is 35.1 Å². The van der Waals surface area contributed by atoms with Crippen LogP contribution in [0.3, 0.4) is 0 Å². The number of ether oxygens (including phenoxy) is 1. The quantitative estimate of drug-likeness (QED) is 0.286. The molecule has 35 heavy (non-hydrogen) atoms. The van der Waals surface area contributed by atoms with E-state index in [9.17, 15) is 19.2 Å². The van der Waals surface area contributed by atoms with E-state index in [0.717, 1.165) is 5.75 Å². The first kappa shape index (κ1) is 27.4. The van der Waals surface area contributed by atoms with E-state index in [4.69, 9.17) is 16.3 Å². The van der Waals surface area contributed by atoms with Crippen LogP contribution in [0.4, 0.5) is 0 Å². The molecule has 3 amide bonds. The zero-order chi connectivity index (χ0) is 25.4. The van der Waals surface area contributed by atoms with Crippen LogP contribution in [0, 0.1) is 5.92 Å². The molecule has 2 heterocycles. The predicted octanol–water partition coefficient (Wildman–Crippen LogP) is 2.78. The number of carbonyl (C=O) groups excluding carboxylic acids is 4. The molecule has 3 N–H and O–H groups in total. The molecule has 1 aromatic rings. The summed E-state index contributed by atoms with van der Waals surface area (Å²) in [5, 5.41) is 8.90. The Kier molecular flexibility index (Phi) is 10.4. The molecule has 190 valence electrons. The Labute approximate surface area is 218 Å². The van der Waals surface area contributed by atoms with Crippen molar-refractivity contribution in [3.63, 3.8) is 0 Å². The van der Waals surface area contributed by atoms with Crippen LogP contribution in [0.1, 0.15) is 37.8 Å². The zero-order valence-electron chi connectivity index (χ0n) is 19.7. The second-order valence-electron chi connectivity index (χ2n) is 8.71. The fourth-order valence-electron chi connectivity index (χ4n) is 3.69. The lowest BCUT2D eigenvalue weighted by atomic mass is 10.0. The first-order valence-electron chi connectivity index (χ1n) is 11.5. The van der Waals surface area contributed by atoms with Gasteiger partial charge in [0, 0.05) is 23.1 Å². The van der Waals surface area contributed by atoms with E-state index in [-0.39, 0.29) is 31.2 Å². The highest BCUT2D eigenvalue weighted by molar-refractivity contribution is 8.76. The van der Waals surface area contributed by atoms with Gasteiger partial charge in [-0.1, -0.05) is 59.2 Å². The number of benzene rings is 1. The second-order valence-corrected chi connectivity index (χ2v) is 11.8. The van der Waals surface area contributed by atoms with Gasteiger partial charge in [-0.15, -0.1) is 0 Å². The zero-order valence-corrected chi connectivity index (χ0v) is 22.1. The first-order valence-corrected chi connectivity index (χ1v) is 14.3. The molecule has 2 aliphatic heterocycles. The molecule has 3 rings (SSSR count). The van der Waals surface area contributed by atoms with Gasteiger partial charge in [0.25, 0.3) is 0 Å². The van der Waals surface area contributed by atoms with Crippen molar-refractivity contribution < 1.29 is 23.9 Å². The highest BCUT2D eigenvalue weighted by Gasteiger charge is 2.30. The summed E-state index contributed by atoms with van der Waals surface area (Å²) in [6.07, 6.45) is 3.35. The Balaban J connectivity index is 2.00. The Morgan fingerprint density at radius 2 is 1.86 bits per heavy atom. The number of esters is 1. The van der Waals surface area contributed by atoms with E-state index in [0.29, 0.717) is 28.3 Å². The van der Waals surface area contributed by atoms with Gasteiger partial charge in [0.15, 0.2) is 0 Å². The van der Waals surface area contributed by atoms with Gasteiger partial charge < -0.3 is 20.7 Å². The average Bonchev–Trinajstić information content (AvgIpc) is 2.79. The Bertz CT molecular complexity index is 988. The number of carbonyl (C=O) groups is 4. The smallest absolute Gasteiger partial charge is 0.310 e. The summed E-state index contributed by atoms with van der Waals surface area (Å²) in [5.41, 5.74) is 1.34. The number of hydrogen-bond donors (Lipinski definition) is 3. The molecule has 2 aliphatic rings. The van der Waals surface area contributed by atoms with Gasteiger partial charge in [-0.25, -0.2) is 0 Å². The van der Waals surface area contributed by atoms with Crippen LogP contribution in [0.2, 0.25) is 5.02 Å². The number of amides is 3. The Morgan fingerprint density at radius 3 is 2.63 bits per heavy atom. The average molecular weight is 540 g/mol. The molecule has 0 fully saturated rings. The maximum absolute atomic E-state index is 13.1. The lowest BCUT2D eigenvalue weighted by Gasteiger charge is -2.26. The summed E-state index contributed by atoms with van der Waals surface area (Å²) in [5.74, 6) is -0.807. The van der Waals surface area contributed by atoms with Crippen LogP contribution in [0.15, 0.2) is 30.4 Å². The molecule has 8 nitrogen and oxygen atoms in total. The van der Waals surface area contributed by atoms with Gasteiger partial charge in [0.2, 0.25) is 17.7 Å². The lowest BCUT2D eigenvalue weighted by Crippen LogP contribution is -2.56. The van der Waals surface area contributed by atoms with Crippen LogP contribution < -0.4 is 16.0 Å². The molecule has 3 atom stereocenters. The highest BCUT2D eigenvalue weighted by Crippen LogP contribution is 2.24. The van der Waals surface area contributed by atoms with Crippen molar-refractivity contribution in [2.24, 2.45) is 5.92 Å². The van der Waals surface area contributed by atoms with Crippen molar-refractivity contribution in [2.75, 3.05) is 11.5 Å². The second kappa shape index (κ2) is 13.2. The molecule has 11 heteroatoms. The third-order valence-corrected chi connectivity index (χ3v) is 8.24. The molecule has 0 aliphatic carbocycles. The van der Waals surface area contributed by atoms with Crippen molar-refractivity contribution in [3.05, 3.63) is 46.5 Å². The summed E-state index contributed by atoms with van der Waals surface area (Å²) in [7, 11) is 3.08. The van der Waals surface area contributed by atoms with E-state index in [1.807, 2.05) is 19.9 Å². The molecule has 0 saturated carbocycles. The predicted molar refractivity (Wildman–Crippen MR) is 139 cm³/mol. The number of hydrogen-bond acceptors (Lipinski definition) is 7. The monoisotopic (exact) mass is 539 g/mol. The molecule has 0 unspecified atom stereocenters. The third-order valence-electron chi connectivity index (χ3n) is 5.56. The molecular weight excluding hydrogens is 510 g/mol. The van der Waals surface area contributed by atoms with Crippen molar-refractivity contribution >= 4 is 56.9 Å². The van der Waals surface area contributed by atoms with Gasteiger partial charge in [0.1, 0.15) is 18.2 Å². The van der Waals surface area contributed by atoms with E-state index < -0.39 is 36.0 Å². The minimum atomic E-state index is -0.836. The molecule has 0 radical (unpaired) electrons. The molecular formula is C24H30ClN3O5S2. The lowest BCUT2D eigenvalue weighted by molar-refractivity contribution is -0.147. The number of nitrogens with one attached hydrogen (secondary N) is 3. The van der Waals surface area contributed by atoms with Crippen LogP contribution in [0.5, 0.6) is 0 Å². The Morgan fingerprint density at radius 1 is 1.06 bits per heavy atom. The summed E-state index contributed by atoms with van der Waals surface area (Å²) in [6, 6.07) is 3.48. The van der Waals surface area contributed by atoms with Crippen LogP contribution in [-0.2, 0) is 36.9 Å². The number of rotatable bonds is 1. The largest absolute Gasteiger partial charge is 0.457 e. The fraction of sp³-hybridized carbons (Fsp3) is 0.500. The van der Waals surface area contributed by atoms with E-state index in [1.165, 1.54) is 10.8 Å². The molecule has 1 aromatic carbocycles. The van der Waals surface area contributed by atoms with Gasteiger partial charge in [-0.3, -0.25) is 19.2 Å². The van der Waals surface area contributed by atoms with Crippen LogP contribution >= 0.6 is 33.2 Å². The maximum atomic E-state index is 13.1. The first-order chi connectivity index (χ1) is 16.7. The SMILES string of the molecule is CC(C)[C@H]1NC(=O)C[C@H]2/C=C/CCSSC[C@@H](NC1=O)C(=O)NCc1ccc(Cl)cc1CC(=O)O2. The van der Waals surface area contributed by atoms with Gasteiger partial charge in [0.05, 0.1) is 12.8 Å². The van der Waals surface area contributed by atoms with Crippen molar-refractivity contribution in [3.8, 4) is 0 Å². The number of fused-ring (bicyclic) bond motifs is 8. The maximum Gasteiger partial charge on any atom is 0.310 e. The fourth-order valence-corrected chi connectivity index (χ4v) is 6.04. The van der Waals surface area contributed by atoms with Crippen LogP contribution in [0.25, 0.3) is 0 Å². The van der Waals surface area contributed by atoms with Gasteiger partial charge >= 0.3 is 5.97 Å². The van der Waals surface area contributed by atoms with Crippen LogP contribution in [-0.4, -0.2) is 53.4 Å². The van der Waals surface area contributed by atoms with Crippen molar-refractivity contribution in [2.45, 2.75) is 57.8 Å². The summed E-state index contributed by atoms with van der Waals surface area (Å²) in [4.78, 5) is 51.8. The third kappa shape index (κ3) is 8.47. The van der Waals surface area contributed by atoms with Gasteiger partial charge in [-0.2, -0.15) is 0 Å².